The molecular weight excluding hydrogens is 302 g/mol. The first-order chi connectivity index (χ1) is 11.6. The van der Waals surface area contributed by atoms with Gasteiger partial charge in [0.2, 0.25) is 0 Å². The molecule has 1 N–H and O–H groups in total. The molecule has 0 spiro atoms. The molecule has 0 saturated heterocycles. The maximum Gasteiger partial charge on any atom is 0.260 e. The quantitative estimate of drug-likeness (QED) is 0.808. The molecule has 0 saturated carbocycles. The molecule has 0 aliphatic heterocycles. The number of hydrogen-bond donors (Lipinski definition) is 1. The van der Waals surface area contributed by atoms with Gasteiger partial charge in [0.25, 0.3) is 5.91 Å². The summed E-state index contributed by atoms with van der Waals surface area (Å²) in [6.45, 7) is 4.42. The van der Waals surface area contributed by atoms with E-state index in [0.717, 1.165) is 35.5 Å². The minimum Gasteiger partial charge on any atom is -0.497 e. The normalized spacial score (nSPS) is 11.6. The minimum absolute atomic E-state index is 0.102. The van der Waals surface area contributed by atoms with Crippen molar-refractivity contribution in [2.75, 3.05) is 13.7 Å². The third-order valence-electron chi connectivity index (χ3n) is 3.90. The lowest BCUT2D eigenvalue weighted by atomic mass is 10.1. The third kappa shape index (κ3) is 5.01. The monoisotopic (exact) mass is 327 g/mol. The van der Waals surface area contributed by atoms with Gasteiger partial charge in [-0.05, 0) is 49.1 Å². The summed E-state index contributed by atoms with van der Waals surface area (Å²) in [5.74, 6) is 1.51. The van der Waals surface area contributed by atoms with E-state index in [9.17, 15) is 4.79 Å². The number of carbonyl (C=O) groups excluding carboxylic acids is 1. The summed E-state index contributed by atoms with van der Waals surface area (Å²) in [6.07, 6.45) is 1.13. The molecule has 0 aliphatic rings. The van der Waals surface area contributed by atoms with Crippen LogP contribution in [-0.4, -0.2) is 25.7 Å². The Bertz CT molecular complexity index is 652. The summed E-state index contributed by atoms with van der Waals surface area (Å²) in [6, 6.07) is 15.7. The van der Waals surface area contributed by atoms with Crippen LogP contribution in [0, 0.1) is 0 Å². The summed E-state index contributed by atoms with van der Waals surface area (Å²) in [5, 5.41) is 2.92. The van der Waals surface area contributed by atoms with Crippen molar-refractivity contribution in [3.8, 4) is 11.5 Å². The van der Waals surface area contributed by atoms with Crippen LogP contribution in [-0.2, 0) is 17.6 Å². The molecular formula is C20H25NO3. The molecule has 4 heteroatoms. The molecule has 24 heavy (non-hydrogen) atoms. The fourth-order valence-corrected chi connectivity index (χ4v) is 2.42. The molecule has 1 atom stereocenters. The van der Waals surface area contributed by atoms with Crippen LogP contribution < -0.4 is 14.8 Å². The number of carbonyl (C=O) groups is 1. The largest absolute Gasteiger partial charge is 0.497 e. The lowest BCUT2D eigenvalue weighted by Gasteiger charge is -2.17. The Kier molecular flexibility index (Phi) is 6.67. The predicted molar refractivity (Wildman–Crippen MR) is 95.6 cm³/mol. The SMILES string of the molecule is CCc1ccccc1O[C@@H](C)C(=O)NCCc1ccc(OC)cc1. The van der Waals surface area contributed by atoms with Gasteiger partial charge in [-0.25, -0.2) is 0 Å². The van der Waals surface area contributed by atoms with Crippen LogP contribution in [0.15, 0.2) is 48.5 Å². The van der Waals surface area contributed by atoms with E-state index >= 15 is 0 Å². The summed E-state index contributed by atoms with van der Waals surface area (Å²) in [7, 11) is 1.65. The van der Waals surface area contributed by atoms with E-state index in [1.165, 1.54) is 0 Å². The maximum absolute atomic E-state index is 12.2. The summed E-state index contributed by atoms with van der Waals surface area (Å²) in [5.41, 5.74) is 2.26. The number of para-hydroxylation sites is 1. The van der Waals surface area contributed by atoms with Crippen molar-refractivity contribution in [2.24, 2.45) is 0 Å². The summed E-state index contributed by atoms with van der Waals surface area (Å²) >= 11 is 0. The van der Waals surface area contributed by atoms with E-state index in [4.69, 9.17) is 9.47 Å². The van der Waals surface area contributed by atoms with E-state index in [1.54, 1.807) is 14.0 Å². The fraction of sp³-hybridized carbons (Fsp3) is 0.350. The van der Waals surface area contributed by atoms with Gasteiger partial charge in [0.1, 0.15) is 11.5 Å². The average molecular weight is 327 g/mol. The van der Waals surface area contributed by atoms with Crippen LogP contribution in [0.5, 0.6) is 11.5 Å². The lowest BCUT2D eigenvalue weighted by molar-refractivity contribution is -0.127. The predicted octanol–water partition coefficient (Wildman–Crippen LogP) is 3.38. The number of amides is 1. The van der Waals surface area contributed by atoms with Crippen molar-refractivity contribution in [1.29, 1.82) is 0 Å². The number of methoxy groups -OCH3 is 1. The molecule has 2 aromatic rings. The first-order valence-corrected chi connectivity index (χ1v) is 8.29. The Morgan fingerprint density at radius 1 is 1.12 bits per heavy atom. The molecule has 0 aliphatic carbocycles. The Morgan fingerprint density at radius 2 is 1.83 bits per heavy atom. The van der Waals surface area contributed by atoms with Crippen molar-refractivity contribution < 1.29 is 14.3 Å². The number of nitrogens with one attached hydrogen (secondary N) is 1. The highest BCUT2D eigenvalue weighted by molar-refractivity contribution is 5.80. The zero-order valence-electron chi connectivity index (χ0n) is 14.5. The highest BCUT2D eigenvalue weighted by Gasteiger charge is 2.15. The highest BCUT2D eigenvalue weighted by atomic mass is 16.5. The Labute approximate surface area is 143 Å². The molecule has 2 aromatic carbocycles. The molecule has 0 fully saturated rings. The second-order valence-corrected chi connectivity index (χ2v) is 5.61. The molecule has 0 heterocycles. The number of hydrogen-bond acceptors (Lipinski definition) is 3. The van der Waals surface area contributed by atoms with Gasteiger partial charge in [0.15, 0.2) is 6.10 Å². The summed E-state index contributed by atoms with van der Waals surface area (Å²) < 4.78 is 10.9. The van der Waals surface area contributed by atoms with Gasteiger partial charge in [-0.3, -0.25) is 4.79 Å². The van der Waals surface area contributed by atoms with Crippen LogP contribution in [0.4, 0.5) is 0 Å². The van der Waals surface area contributed by atoms with Crippen molar-refractivity contribution in [2.45, 2.75) is 32.8 Å². The molecule has 128 valence electrons. The van der Waals surface area contributed by atoms with Crippen LogP contribution in [0.1, 0.15) is 25.0 Å². The van der Waals surface area contributed by atoms with Crippen molar-refractivity contribution in [3.63, 3.8) is 0 Å². The second kappa shape index (κ2) is 8.96. The Hall–Kier alpha value is -2.49. The number of rotatable bonds is 8. The van der Waals surface area contributed by atoms with E-state index in [-0.39, 0.29) is 5.91 Å². The minimum atomic E-state index is -0.520. The first kappa shape index (κ1) is 17.9. The van der Waals surface area contributed by atoms with Gasteiger partial charge in [-0.15, -0.1) is 0 Å². The third-order valence-corrected chi connectivity index (χ3v) is 3.90. The zero-order valence-corrected chi connectivity index (χ0v) is 14.5. The molecule has 0 aromatic heterocycles. The highest BCUT2D eigenvalue weighted by Crippen LogP contribution is 2.19. The van der Waals surface area contributed by atoms with E-state index < -0.39 is 6.10 Å². The number of ether oxygens (including phenoxy) is 2. The van der Waals surface area contributed by atoms with Gasteiger partial charge < -0.3 is 14.8 Å². The van der Waals surface area contributed by atoms with Gasteiger partial charge in [0.05, 0.1) is 7.11 Å². The zero-order chi connectivity index (χ0) is 17.4. The topological polar surface area (TPSA) is 47.6 Å². The molecule has 2 rings (SSSR count). The smallest absolute Gasteiger partial charge is 0.260 e. The van der Waals surface area contributed by atoms with Gasteiger partial charge in [0, 0.05) is 6.54 Å². The van der Waals surface area contributed by atoms with Gasteiger partial charge in [-0.2, -0.15) is 0 Å². The Balaban J connectivity index is 1.80. The standard InChI is InChI=1S/C20H25NO3/c1-4-17-7-5-6-8-19(17)24-15(2)20(22)21-14-13-16-9-11-18(23-3)12-10-16/h5-12,15H,4,13-14H2,1-3H3,(H,21,22)/t15-/m0/s1. The molecule has 0 radical (unpaired) electrons. The van der Waals surface area contributed by atoms with Gasteiger partial charge >= 0.3 is 0 Å². The second-order valence-electron chi connectivity index (χ2n) is 5.61. The average Bonchev–Trinajstić information content (AvgIpc) is 2.62. The molecule has 4 nitrogen and oxygen atoms in total. The van der Waals surface area contributed by atoms with E-state index in [2.05, 4.69) is 12.2 Å². The lowest BCUT2D eigenvalue weighted by Crippen LogP contribution is -2.37. The molecule has 0 bridgehead atoms. The molecule has 1 amide bonds. The van der Waals surface area contributed by atoms with Crippen molar-refractivity contribution in [1.82, 2.24) is 5.32 Å². The van der Waals surface area contributed by atoms with E-state index in [0.29, 0.717) is 6.54 Å². The maximum atomic E-state index is 12.2. The Morgan fingerprint density at radius 3 is 2.50 bits per heavy atom. The van der Waals surface area contributed by atoms with Crippen LogP contribution in [0.2, 0.25) is 0 Å². The van der Waals surface area contributed by atoms with Crippen molar-refractivity contribution >= 4 is 5.91 Å². The van der Waals surface area contributed by atoms with Crippen molar-refractivity contribution in [3.05, 3.63) is 59.7 Å². The summed E-state index contributed by atoms with van der Waals surface area (Å²) in [4.78, 5) is 12.2. The number of benzene rings is 2. The first-order valence-electron chi connectivity index (χ1n) is 8.29. The van der Waals surface area contributed by atoms with Crippen LogP contribution in [0.3, 0.4) is 0 Å². The van der Waals surface area contributed by atoms with Gasteiger partial charge in [-0.1, -0.05) is 37.3 Å². The fourth-order valence-electron chi connectivity index (χ4n) is 2.42. The number of aryl methyl sites for hydroxylation is 1. The van der Waals surface area contributed by atoms with Crippen LogP contribution >= 0.6 is 0 Å². The molecule has 0 unspecified atom stereocenters. The van der Waals surface area contributed by atoms with Crippen LogP contribution in [0.25, 0.3) is 0 Å². The van der Waals surface area contributed by atoms with E-state index in [1.807, 2.05) is 48.5 Å².